The quantitative estimate of drug-likeness (QED) is 0.114. The fourth-order valence-electron chi connectivity index (χ4n) is 8.23. The molecule has 0 bridgehead atoms. The fourth-order valence-corrected chi connectivity index (χ4v) is 8.48. The standard InChI is InChI=1S/C26H37ClO9.C18H23FO4.C6H12O5/c1-2-5-17-21(29)25(33)22(30)18(35-17)9-4-7-15-11-10-14(12-16(15)27)6-3-8-19-23(31)26(34)24(32)20(13-28)36-19;1-2-4-13-8-7-12(9-14(13)19)5-3-6-17-15(21)10-16(22)18(11-20)23-17;7-1-4-6(10)5(9)3(8)2-11-4/h3-4,6-7,10-12,17-26,28-34H,2,5,8-9,13H2,1H3;2-5,7-9,15-18,20-22H,6,10-11H2,1H3;3-10H,1-2H2/b6-3+,7-4+;4-2+,5-3+;/t17?,18-,19?,20-,21-,22?,23-,24?,25?,26-;15-,16?,17?,18+;3?,4?,5?,6-/m101/s1. The Bertz CT molecular complexity index is 1970. The number of rotatable bonds is 15. The van der Waals surface area contributed by atoms with Gasteiger partial charge >= 0.3 is 0 Å². The molecule has 2 aromatic carbocycles. The lowest BCUT2D eigenvalue weighted by atomic mass is 9.91. The third kappa shape index (κ3) is 16.7. The van der Waals surface area contributed by atoms with Gasteiger partial charge in [-0.25, -0.2) is 4.39 Å². The Morgan fingerprint density at radius 3 is 1.54 bits per heavy atom. The van der Waals surface area contributed by atoms with Crippen LogP contribution in [-0.4, -0.2) is 208 Å². The molecule has 0 spiro atoms. The van der Waals surface area contributed by atoms with Gasteiger partial charge in [-0.2, -0.15) is 0 Å². The van der Waals surface area contributed by atoms with E-state index in [0.29, 0.717) is 29.8 Å². The first-order valence-electron chi connectivity index (χ1n) is 23.5. The van der Waals surface area contributed by atoms with Crippen molar-refractivity contribution in [2.24, 2.45) is 0 Å². The molecule has 394 valence electrons. The van der Waals surface area contributed by atoms with Crippen molar-refractivity contribution in [3.05, 3.63) is 93.8 Å². The molecular formula is C50H72ClFO18. The summed E-state index contributed by atoms with van der Waals surface area (Å²) in [6.45, 7) is 2.63. The van der Waals surface area contributed by atoms with Crippen LogP contribution >= 0.6 is 11.6 Å². The zero-order valence-corrected chi connectivity index (χ0v) is 40.0. The van der Waals surface area contributed by atoms with E-state index >= 15 is 0 Å². The number of benzene rings is 2. The highest BCUT2D eigenvalue weighted by Crippen LogP contribution is 2.29. The second kappa shape index (κ2) is 29.6. The number of hydrogen-bond acceptors (Lipinski definition) is 18. The normalized spacial score (nSPS) is 36.0. The topological polar surface area (TPSA) is 320 Å². The summed E-state index contributed by atoms with van der Waals surface area (Å²) >= 11 is 6.42. The largest absolute Gasteiger partial charge is 0.394 e. The Morgan fingerprint density at radius 1 is 0.529 bits per heavy atom. The van der Waals surface area contributed by atoms with Crippen LogP contribution in [0, 0.1) is 5.82 Å². The molecule has 4 saturated heterocycles. The van der Waals surface area contributed by atoms with E-state index in [1.807, 2.05) is 32.0 Å². The maximum Gasteiger partial charge on any atom is 0.131 e. The molecule has 0 aliphatic carbocycles. The van der Waals surface area contributed by atoms with Gasteiger partial charge in [-0.1, -0.05) is 97.8 Å². The van der Waals surface area contributed by atoms with Gasteiger partial charge in [-0.15, -0.1) is 0 Å². The first-order chi connectivity index (χ1) is 33.4. The van der Waals surface area contributed by atoms with Crippen LogP contribution in [0.5, 0.6) is 0 Å². The van der Waals surface area contributed by atoms with Gasteiger partial charge < -0.3 is 90.4 Å². The Labute approximate surface area is 412 Å². The smallest absolute Gasteiger partial charge is 0.131 e. The van der Waals surface area contributed by atoms with Gasteiger partial charge in [-0.05, 0) is 61.4 Å². The van der Waals surface area contributed by atoms with Crippen molar-refractivity contribution in [3.8, 4) is 0 Å². The zero-order chi connectivity index (χ0) is 51.7. The third-order valence-corrected chi connectivity index (χ3v) is 12.8. The molecule has 18 atom stereocenters. The molecule has 0 radical (unpaired) electrons. The number of ether oxygens (including phenoxy) is 4. The number of hydrogen-bond donors (Lipinski definition) is 14. The van der Waals surface area contributed by atoms with Gasteiger partial charge in [0.1, 0.15) is 79.1 Å². The molecule has 2 aromatic rings. The monoisotopic (exact) mass is 1010 g/mol. The van der Waals surface area contributed by atoms with Gasteiger partial charge in [0.25, 0.3) is 0 Å². The lowest BCUT2D eigenvalue weighted by Gasteiger charge is -2.40. The Morgan fingerprint density at radius 2 is 1.00 bits per heavy atom. The summed E-state index contributed by atoms with van der Waals surface area (Å²) in [4.78, 5) is 0. The Kier molecular flexibility index (Phi) is 25.1. The molecule has 4 aliphatic heterocycles. The molecule has 0 amide bonds. The molecule has 0 saturated carbocycles. The van der Waals surface area contributed by atoms with Crippen molar-refractivity contribution in [2.75, 3.05) is 26.4 Å². The van der Waals surface area contributed by atoms with Crippen LogP contribution in [0.25, 0.3) is 24.3 Å². The third-order valence-electron chi connectivity index (χ3n) is 12.5. The van der Waals surface area contributed by atoms with Crippen LogP contribution < -0.4 is 0 Å². The van der Waals surface area contributed by atoms with E-state index in [4.69, 9.17) is 56.1 Å². The molecule has 0 aromatic heterocycles. The number of aliphatic hydroxyl groups is 14. The predicted octanol–water partition coefficient (Wildman–Crippen LogP) is 0.233. The highest BCUT2D eigenvalue weighted by atomic mass is 35.5. The minimum absolute atomic E-state index is 0.0521. The second-order valence-electron chi connectivity index (χ2n) is 17.7. The number of aliphatic hydroxyl groups excluding tert-OH is 14. The van der Waals surface area contributed by atoms with Crippen molar-refractivity contribution >= 4 is 35.9 Å². The van der Waals surface area contributed by atoms with Crippen LogP contribution in [-0.2, 0) is 18.9 Å². The maximum absolute atomic E-state index is 13.8. The van der Waals surface area contributed by atoms with E-state index < -0.39 is 116 Å². The molecular weight excluding hydrogens is 943 g/mol. The molecule has 70 heavy (non-hydrogen) atoms. The van der Waals surface area contributed by atoms with E-state index in [1.165, 1.54) is 6.07 Å². The van der Waals surface area contributed by atoms with E-state index in [2.05, 4.69) is 0 Å². The van der Waals surface area contributed by atoms with Crippen LogP contribution in [0.2, 0.25) is 5.02 Å². The average Bonchev–Trinajstić information content (AvgIpc) is 3.34. The summed E-state index contributed by atoms with van der Waals surface area (Å²) in [5, 5.41) is 135. The molecule has 20 heteroatoms. The minimum Gasteiger partial charge on any atom is -0.394 e. The first-order valence-corrected chi connectivity index (χ1v) is 23.9. The highest BCUT2D eigenvalue weighted by Gasteiger charge is 2.44. The van der Waals surface area contributed by atoms with Gasteiger partial charge in [0.15, 0.2) is 0 Å². The summed E-state index contributed by atoms with van der Waals surface area (Å²) in [6, 6.07) is 10.4. The first kappa shape index (κ1) is 59.5. The second-order valence-corrected chi connectivity index (χ2v) is 18.1. The van der Waals surface area contributed by atoms with Crippen LogP contribution in [0.15, 0.2) is 60.7 Å². The maximum atomic E-state index is 13.8. The van der Waals surface area contributed by atoms with E-state index in [0.717, 1.165) is 23.1 Å². The minimum atomic E-state index is -1.40. The van der Waals surface area contributed by atoms with Crippen molar-refractivity contribution in [1.29, 1.82) is 0 Å². The lowest BCUT2D eigenvalue weighted by Crippen LogP contribution is -2.58. The van der Waals surface area contributed by atoms with Gasteiger partial charge in [-0.3, -0.25) is 0 Å². The SMILES string of the molecule is C/C=C/c1ccc(/C=C/CC2O[C@H](CO)C(O)C[C@@H]2O)cc1F.CCCC1O[C@H](C/C=C/c2ccc(/C=C/CC3O[C@H](CO)C(O)[C@H](O)[C@@H]3O)cc2Cl)C(O)C(O)[C@@H]1O.OCC1OCC(O)C(O)[C@@H]1O. The fraction of sp³-hybridized carbons (Fsp3) is 0.600. The van der Waals surface area contributed by atoms with Crippen molar-refractivity contribution in [3.63, 3.8) is 0 Å². The lowest BCUT2D eigenvalue weighted by molar-refractivity contribution is -0.227. The molecule has 6 rings (SSSR count). The molecule has 14 N–H and O–H groups in total. The molecule has 4 aliphatic rings. The van der Waals surface area contributed by atoms with E-state index in [-0.39, 0.29) is 38.5 Å². The predicted molar refractivity (Wildman–Crippen MR) is 256 cm³/mol. The zero-order valence-electron chi connectivity index (χ0n) is 39.2. The van der Waals surface area contributed by atoms with Crippen molar-refractivity contribution < 1.29 is 94.8 Å². The summed E-state index contributed by atoms with van der Waals surface area (Å²) in [5.74, 6) is -0.289. The number of halogens is 2. The molecule has 18 nitrogen and oxygen atoms in total. The van der Waals surface area contributed by atoms with Gasteiger partial charge in [0, 0.05) is 17.0 Å². The average molecular weight is 1020 g/mol. The molecule has 4 heterocycles. The Balaban J connectivity index is 0.000000265. The molecule has 4 fully saturated rings. The molecule has 10 unspecified atom stereocenters. The summed E-state index contributed by atoms with van der Waals surface area (Å²) in [5.41, 5.74) is 2.81. The van der Waals surface area contributed by atoms with Crippen LogP contribution in [0.1, 0.15) is 74.6 Å². The van der Waals surface area contributed by atoms with Crippen LogP contribution in [0.4, 0.5) is 4.39 Å². The van der Waals surface area contributed by atoms with E-state index in [9.17, 15) is 50.3 Å². The van der Waals surface area contributed by atoms with E-state index in [1.54, 1.807) is 60.7 Å². The summed E-state index contributed by atoms with van der Waals surface area (Å²) in [6.07, 6.45) is -0.844. The van der Waals surface area contributed by atoms with Gasteiger partial charge in [0.2, 0.25) is 0 Å². The number of allylic oxidation sites excluding steroid dienone is 1. The van der Waals surface area contributed by atoms with Crippen LogP contribution in [0.3, 0.4) is 0 Å². The highest BCUT2D eigenvalue weighted by molar-refractivity contribution is 6.32. The summed E-state index contributed by atoms with van der Waals surface area (Å²) < 4.78 is 35.4. The van der Waals surface area contributed by atoms with Gasteiger partial charge in [0.05, 0.1) is 63.1 Å². The van der Waals surface area contributed by atoms with Crippen molar-refractivity contribution in [2.45, 2.75) is 162 Å². The Hall–Kier alpha value is -3.10. The van der Waals surface area contributed by atoms with Crippen molar-refractivity contribution in [1.82, 2.24) is 0 Å². The summed E-state index contributed by atoms with van der Waals surface area (Å²) in [7, 11) is 0.